The first-order chi connectivity index (χ1) is 9.78. The zero-order valence-corrected chi connectivity index (χ0v) is 10.6. The van der Waals surface area contributed by atoms with Gasteiger partial charge in [-0.1, -0.05) is 18.2 Å². The van der Waals surface area contributed by atoms with Gasteiger partial charge in [-0.25, -0.2) is 9.67 Å². The maximum Gasteiger partial charge on any atom is 0.153 e. The first-order valence-electron chi connectivity index (χ1n) is 6.05. The lowest BCUT2D eigenvalue weighted by Gasteiger charge is -1.99. The van der Waals surface area contributed by atoms with Gasteiger partial charge in [0.2, 0.25) is 0 Å². The molecule has 0 saturated carbocycles. The molecule has 5 nitrogen and oxygen atoms in total. The van der Waals surface area contributed by atoms with Gasteiger partial charge >= 0.3 is 0 Å². The Hall–Kier alpha value is -3.13. The van der Waals surface area contributed by atoms with Crippen LogP contribution in [0.1, 0.15) is 5.56 Å². The average Bonchev–Trinajstić information content (AvgIpc) is 2.90. The van der Waals surface area contributed by atoms with E-state index in [4.69, 9.17) is 11.0 Å². The molecule has 0 aliphatic heterocycles. The zero-order chi connectivity index (χ0) is 13.9. The normalized spacial score (nSPS) is 10.2. The van der Waals surface area contributed by atoms with E-state index in [0.29, 0.717) is 22.8 Å². The molecular weight excluding hydrogens is 250 g/mol. The standard InChI is InChI=1S/C15H11N5/c16-9-11-4-3-5-12(8-11)15-13(17)10-20(19-15)14-6-1-2-7-18-14/h1-8,10H,17H2. The van der Waals surface area contributed by atoms with Crippen molar-refractivity contribution in [3.05, 3.63) is 60.4 Å². The fraction of sp³-hybridized carbons (Fsp3) is 0. The van der Waals surface area contributed by atoms with E-state index in [1.807, 2.05) is 30.3 Å². The minimum absolute atomic E-state index is 0.547. The van der Waals surface area contributed by atoms with Crippen LogP contribution in [0.5, 0.6) is 0 Å². The van der Waals surface area contributed by atoms with Crippen molar-refractivity contribution in [1.29, 1.82) is 5.26 Å². The van der Waals surface area contributed by atoms with Crippen molar-refractivity contribution < 1.29 is 0 Å². The molecule has 2 heterocycles. The van der Waals surface area contributed by atoms with Crippen LogP contribution in [-0.4, -0.2) is 14.8 Å². The van der Waals surface area contributed by atoms with E-state index in [1.54, 1.807) is 29.2 Å². The van der Waals surface area contributed by atoms with E-state index in [2.05, 4.69) is 16.2 Å². The van der Waals surface area contributed by atoms with E-state index < -0.39 is 0 Å². The SMILES string of the molecule is N#Cc1cccc(-c2nn(-c3ccccn3)cc2N)c1. The number of nitrogen functional groups attached to an aromatic ring is 1. The Labute approximate surface area is 115 Å². The molecule has 20 heavy (non-hydrogen) atoms. The van der Waals surface area contributed by atoms with E-state index in [1.165, 1.54) is 0 Å². The number of hydrogen-bond donors (Lipinski definition) is 1. The van der Waals surface area contributed by atoms with Crippen LogP contribution < -0.4 is 5.73 Å². The third kappa shape index (κ3) is 2.10. The van der Waals surface area contributed by atoms with Crippen molar-refractivity contribution in [3.63, 3.8) is 0 Å². The van der Waals surface area contributed by atoms with Gasteiger partial charge in [0.15, 0.2) is 5.82 Å². The van der Waals surface area contributed by atoms with Crippen molar-refractivity contribution in [2.75, 3.05) is 5.73 Å². The molecule has 0 bridgehead atoms. The van der Waals surface area contributed by atoms with Crippen molar-refractivity contribution in [1.82, 2.24) is 14.8 Å². The second-order valence-electron chi connectivity index (χ2n) is 4.26. The number of nitrogens with zero attached hydrogens (tertiary/aromatic N) is 4. The number of hydrogen-bond acceptors (Lipinski definition) is 4. The number of benzene rings is 1. The maximum atomic E-state index is 8.94. The molecule has 3 rings (SSSR count). The minimum Gasteiger partial charge on any atom is -0.396 e. The van der Waals surface area contributed by atoms with E-state index in [9.17, 15) is 0 Å². The fourth-order valence-electron chi connectivity index (χ4n) is 1.95. The predicted octanol–water partition coefficient (Wildman–Crippen LogP) is 2.39. The van der Waals surface area contributed by atoms with Gasteiger partial charge in [0.05, 0.1) is 23.5 Å². The van der Waals surface area contributed by atoms with Crippen molar-refractivity contribution in [2.24, 2.45) is 0 Å². The van der Waals surface area contributed by atoms with Gasteiger partial charge in [0, 0.05) is 11.8 Å². The molecule has 0 aliphatic carbocycles. The van der Waals surface area contributed by atoms with Gasteiger partial charge in [0.25, 0.3) is 0 Å². The number of pyridine rings is 1. The Morgan fingerprint density at radius 1 is 1.15 bits per heavy atom. The van der Waals surface area contributed by atoms with Gasteiger partial charge in [-0.15, -0.1) is 0 Å². The summed E-state index contributed by atoms with van der Waals surface area (Å²) in [5.74, 6) is 0.696. The summed E-state index contributed by atoms with van der Waals surface area (Å²) in [6.45, 7) is 0. The Kier molecular flexibility index (Phi) is 2.90. The lowest BCUT2D eigenvalue weighted by atomic mass is 10.1. The molecule has 0 atom stereocenters. The highest BCUT2D eigenvalue weighted by Crippen LogP contribution is 2.25. The van der Waals surface area contributed by atoms with Crippen LogP contribution in [0.25, 0.3) is 17.1 Å². The summed E-state index contributed by atoms with van der Waals surface area (Å²) >= 11 is 0. The number of anilines is 1. The van der Waals surface area contributed by atoms with Crippen molar-refractivity contribution >= 4 is 5.69 Å². The van der Waals surface area contributed by atoms with E-state index in [-0.39, 0.29) is 0 Å². The molecule has 1 aromatic carbocycles. The summed E-state index contributed by atoms with van der Waals surface area (Å²) in [5.41, 5.74) is 8.60. The molecule has 0 radical (unpaired) electrons. The van der Waals surface area contributed by atoms with Crippen LogP contribution in [0.4, 0.5) is 5.69 Å². The number of nitrogens with two attached hydrogens (primary N) is 1. The third-order valence-corrected chi connectivity index (χ3v) is 2.89. The highest BCUT2D eigenvalue weighted by Gasteiger charge is 2.10. The average molecular weight is 261 g/mol. The fourth-order valence-corrected chi connectivity index (χ4v) is 1.95. The highest BCUT2D eigenvalue weighted by atomic mass is 15.3. The summed E-state index contributed by atoms with van der Waals surface area (Å²) in [4.78, 5) is 4.22. The quantitative estimate of drug-likeness (QED) is 0.768. The number of aromatic nitrogens is 3. The molecule has 0 amide bonds. The van der Waals surface area contributed by atoms with Crippen LogP contribution in [0.3, 0.4) is 0 Å². The minimum atomic E-state index is 0.547. The lowest BCUT2D eigenvalue weighted by Crippen LogP contribution is -1.97. The van der Waals surface area contributed by atoms with E-state index >= 15 is 0 Å². The first-order valence-corrected chi connectivity index (χ1v) is 6.05. The highest BCUT2D eigenvalue weighted by molar-refractivity contribution is 5.73. The van der Waals surface area contributed by atoms with Crippen LogP contribution in [0, 0.1) is 11.3 Å². The van der Waals surface area contributed by atoms with Gasteiger partial charge in [-0.2, -0.15) is 10.4 Å². The molecule has 0 unspecified atom stereocenters. The van der Waals surface area contributed by atoms with E-state index in [0.717, 1.165) is 5.56 Å². The Morgan fingerprint density at radius 2 is 2.05 bits per heavy atom. The second-order valence-corrected chi connectivity index (χ2v) is 4.26. The van der Waals surface area contributed by atoms with Crippen molar-refractivity contribution in [2.45, 2.75) is 0 Å². The molecule has 0 spiro atoms. The van der Waals surface area contributed by atoms with Gasteiger partial charge in [-0.3, -0.25) is 0 Å². The third-order valence-electron chi connectivity index (χ3n) is 2.89. The molecule has 3 aromatic rings. The molecule has 2 aromatic heterocycles. The lowest BCUT2D eigenvalue weighted by molar-refractivity contribution is 0.850. The zero-order valence-electron chi connectivity index (χ0n) is 10.6. The summed E-state index contributed by atoms with van der Waals surface area (Å²) in [6, 6.07) is 14.9. The Balaban J connectivity index is 2.08. The molecule has 5 heteroatoms. The maximum absolute atomic E-state index is 8.94. The number of rotatable bonds is 2. The molecule has 0 saturated heterocycles. The first kappa shape index (κ1) is 11.9. The van der Waals surface area contributed by atoms with Crippen LogP contribution in [0.15, 0.2) is 54.9 Å². The topological polar surface area (TPSA) is 80.5 Å². The molecule has 96 valence electrons. The Morgan fingerprint density at radius 3 is 2.80 bits per heavy atom. The van der Waals surface area contributed by atoms with Crippen LogP contribution in [-0.2, 0) is 0 Å². The Bertz CT molecular complexity index is 784. The summed E-state index contributed by atoms with van der Waals surface area (Å²) < 4.78 is 1.63. The second kappa shape index (κ2) is 4.86. The summed E-state index contributed by atoms with van der Waals surface area (Å²) in [5, 5.41) is 13.4. The molecule has 0 aliphatic rings. The largest absolute Gasteiger partial charge is 0.396 e. The summed E-state index contributed by atoms with van der Waals surface area (Å²) in [7, 11) is 0. The van der Waals surface area contributed by atoms with Gasteiger partial charge in [-0.05, 0) is 24.3 Å². The van der Waals surface area contributed by atoms with Crippen molar-refractivity contribution in [3.8, 4) is 23.1 Å². The van der Waals surface area contributed by atoms with Gasteiger partial charge in [0.1, 0.15) is 5.69 Å². The smallest absolute Gasteiger partial charge is 0.153 e. The monoisotopic (exact) mass is 261 g/mol. The molecular formula is C15H11N5. The predicted molar refractivity (Wildman–Crippen MR) is 75.9 cm³/mol. The van der Waals surface area contributed by atoms with Gasteiger partial charge < -0.3 is 5.73 Å². The summed E-state index contributed by atoms with van der Waals surface area (Å²) in [6.07, 6.45) is 3.42. The van der Waals surface area contributed by atoms with Crippen LogP contribution in [0.2, 0.25) is 0 Å². The number of nitriles is 1. The molecule has 0 fully saturated rings. The van der Waals surface area contributed by atoms with Crippen LogP contribution >= 0.6 is 0 Å². The molecule has 2 N–H and O–H groups in total.